The van der Waals surface area contributed by atoms with Gasteiger partial charge in [0.2, 0.25) is 5.88 Å². The Morgan fingerprint density at radius 1 is 1.56 bits per heavy atom. The molecule has 0 amide bonds. The van der Waals surface area contributed by atoms with Gasteiger partial charge in [-0.15, -0.1) is 0 Å². The molecule has 7 nitrogen and oxygen atoms in total. The first kappa shape index (κ1) is 12.3. The molecule has 0 aliphatic rings. The van der Waals surface area contributed by atoms with E-state index in [-0.39, 0.29) is 5.84 Å². The molecule has 0 radical (unpaired) electrons. The molecule has 0 unspecified atom stereocenters. The van der Waals surface area contributed by atoms with Crippen molar-refractivity contribution in [2.75, 3.05) is 20.3 Å². The van der Waals surface area contributed by atoms with Crippen LogP contribution in [0.3, 0.4) is 0 Å². The highest BCUT2D eigenvalue weighted by molar-refractivity contribution is 6.00. The fourth-order valence-electron chi connectivity index (χ4n) is 1.37. The molecule has 0 saturated carbocycles. The Kier molecular flexibility index (Phi) is 4.12. The second-order valence-electron chi connectivity index (χ2n) is 3.22. The van der Waals surface area contributed by atoms with Crippen LogP contribution in [0.15, 0.2) is 5.16 Å². The fraction of sp³-hybridized carbons (Fsp3) is 0.556. The van der Waals surface area contributed by atoms with Crippen LogP contribution in [0.2, 0.25) is 0 Å². The molecule has 1 rings (SSSR count). The molecule has 0 bridgehead atoms. The van der Waals surface area contributed by atoms with E-state index in [4.69, 9.17) is 20.4 Å². The van der Waals surface area contributed by atoms with Crippen LogP contribution in [0, 0.1) is 6.92 Å². The Hall–Kier alpha value is -1.76. The molecule has 90 valence electrons. The SMILES string of the molecule is COCCOc1c(C(N)=NO)c(C)nn1C. The van der Waals surface area contributed by atoms with Crippen molar-refractivity contribution in [3.8, 4) is 5.88 Å². The first-order valence-electron chi connectivity index (χ1n) is 4.75. The molecule has 16 heavy (non-hydrogen) atoms. The first-order chi connectivity index (χ1) is 7.61. The van der Waals surface area contributed by atoms with Crippen molar-refractivity contribution in [1.82, 2.24) is 9.78 Å². The molecule has 7 heteroatoms. The normalized spacial score (nSPS) is 11.8. The number of nitrogens with two attached hydrogens (primary N) is 1. The number of amidine groups is 1. The maximum absolute atomic E-state index is 8.66. The Morgan fingerprint density at radius 2 is 2.25 bits per heavy atom. The molecular weight excluding hydrogens is 212 g/mol. The number of rotatable bonds is 5. The lowest BCUT2D eigenvalue weighted by molar-refractivity contribution is 0.141. The van der Waals surface area contributed by atoms with Gasteiger partial charge in [0.25, 0.3) is 0 Å². The standard InChI is InChI=1S/C9H16N4O3/c1-6-7(8(10)12-14)9(13(2)11-6)16-5-4-15-3/h14H,4-5H2,1-3H3,(H2,10,12). The molecule has 0 spiro atoms. The lowest BCUT2D eigenvalue weighted by atomic mass is 10.2. The van der Waals surface area contributed by atoms with Crippen LogP contribution in [0.5, 0.6) is 5.88 Å². The quantitative estimate of drug-likeness (QED) is 0.240. The van der Waals surface area contributed by atoms with E-state index in [1.54, 1.807) is 25.8 Å². The average Bonchev–Trinajstić information content (AvgIpc) is 2.53. The van der Waals surface area contributed by atoms with Gasteiger partial charge in [0.15, 0.2) is 5.84 Å². The van der Waals surface area contributed by atoms with Crippen LogP contribution in [0.25, 0.3) is 0 Å². The zero-order valence-electron chi connectivity index (χ0n) is 9.60. The van der Waals surface area contributed by atoms with Gasteiger partial charge in [-0.1, -0.05) is 5.16 Å². The zero-order valence-corrected chi connectivity index (χ0v) is 9.60. The number of hydrogen-bond acceptors (Lipinski definition) is 5. The van der Waals surface area contributed by atoms with E-state index in [1.165, 1.54) is 0 Å². The summed E-state index contributed by atoms with van der Waals surface area (Å²) in [6, 6.07) is 0. The molecule has 0 aromatic carbocycles. The summed E-state index contributed by atoms with van der Waals surface area (Å²) in [5, 5.41) is 15.8. The smallest absolute Gasteiger partial charge is 0.223 e. The van der Waals surface area contributed by atoms with Gasteiger partial charge in [-0.05, 0) is 6.92 Å². The van der Waals surface area contributed by atoms with E-state index in [9.17, 15) is 0 Å². The number of aromatic nitrogens is 2. The van der Waals surface area contributed by atoms with Crippen molar-refractivity contribution >= 4 is 5.84 Å². The van der Waals surface area contributed by atoms with E-state index in [0.29, 0.717) is 30.4 Å². The molecule has 3 N–H and O–H groups in total. The van der Waals surface area contributed by atoms with Crippen molar-refractivity contribution in [2.45, 2.75) is 6.92 Å². The molecular formula is C9H16N4O3. The molecule has 0 atom stereocenters. The summed E-state index contributed by atoms with van der Waals surface area (Å²) in [5.41, 5.74) is 6.69. The van der Waals surface area contributed by atoms with E-state index < -0.39 is 0 Å². The summed E-state index contributed by atoms with van der Waals surface area (Å²) in [5.74, 6) is 0.447. The third-order valence-corrected chi connectivity index (χ3v) is 2.06. The highest BCUT2D eigenvalue weighted by Gasteiger charge is 2.18. The Morgan fingerprint density at radius 3 is 2.81 bits per heavy atom. The predicted octanol–water partition coefficient (Wildman–Crippen LogP) is -0.152. The minimum atomic E-state index is -0.0157. The van der Waals surface area contributed by atoms with Crippen molar-refractivity contribution in [2.24, 2.45) is 17.9 Å². The van der Waals surface area contributed by atoms with Crippen LogP contribution in [0.1, 0.15) is 11.3 Å². The monoisotopic (exact) mass is 228 g/mol. The van der Waals surface area contributed by atoms with E-state index in [0.717, 1.165) is 0 Å². The van der Waals surface area contributed by atoms with Gasteiger partial charge in [-0.3, -0.25) is 0 Å². The fourth-order valence-corrected chi connectivity index (χ4v) is 1.37. The number of ether oxygens (including phenoxy) is 2. The van der Waals surface area contributed by atoms with Crippen molar-refractivity contribution in [3.63, 3.8) is 0 Å². The summed E-state index contributed by atoms with van der Waals surface area (Å²) < 4.78 is 11.9. The largest absolute Gasteiger partial charge is 0.475 e. The van der Waals surface area contributed by atoms with Crippen LogP contribution in [-0.4, -0.2) is 41.1 Å². The molecule has 1 aromatic rings. The van der Waals surface area contributed by atoms with E-state index in [1.807, 2.05) is 0 Å². The number of oxime groups is 1. The van der Waals surface area contributed by atoms with Gasteiger partial charge < -0.3 is 20.4 Å². The summed E-state index contributed by atoms with van der Waals surface area (Å²) in [6.07, 6.45) is 0. The maximum atomic E-state index is 8.66. The van der Waals surface area contributed by atoms with Crippen molar-refractivity contribution in [1.29, 1.82) is 0 Å². The third-order valence-electron chi connectivity index (χ3n) is 2.06. The lowest BCUT2D eigenvalue weighted by Crippen LogP contribution is -2.16. The Balaban J connectivity index is 2.97. The van der Waals surface area contributed by atoms with Crippen molar-refractivity contribution in [3.05, 3.63) is 11.3 Å². The number of aryl methyl sites for hydroxylation is 2. The van der Waals surface area contributed by atoms with Gasteiger partial charge in [0.05, 0.1) is 12.3 Å². The average molecular weight is 228 g/mol. The zero-order chi connectivity index (χ0) is 12.1. The number of hydrogen-bond donors (Lipinski definition) is 2. The van der Waals surface area contributed by atoms with Crippen LogP contribution >= 0.6 is 0 Å². The van der Waals surface area contributed by atoms with Crippen LogP contribution in [0.4, 0.5) is 0 Å². The number of nitrogens with zero attached hydrogens (tertiary/aromatic N) is 3. The maximum Gasteiger partial charge on any atom is 0.223 e. The molecule has 0 aliphatic heterocycles. The summed E-state index contributed by atoms with van der Waals surface area (Å²) in [7, 11) is 3.31. The van der Waals surface area contributed by atoms with Crippen LogP contribution in [-0.2, 0) is 11.8 Å². The first-order valence-corrected chi connectivity index (χ1v) is 4.75. The van der Waals surface area contributed by atoms with Gasteiger partial charge >= 0.3 is 0 Å². The highest BCUT2D eigenvalue weighted by Crippen LogP contribution is 2.20. The Labute approximate surface area is 93.4 Å². The Bertz CT molecular complexity index is 386. The summed E-state index contributed by atoms with van der Waals surface area (Å²) >= 11 is 0. The summed E-state index contributed by atoms with van der Waals surface area (Å²) in [4.78, 5) is 0. The van der Waals surface area contributed by atoms with Gasteiger partial charge in [-0.25, -0.2) is 4.68 Å². The van der Waals surface area contributed by atoms with E-state index >= 15 is 0 Å². The second kappa shape index (κ2) is 5.36. The minimum absolute atomic E-state index is 0.0157. The minimum Gasteiger partial charge on any atom is -0.475 e. The highest BCUT2D eigenvalue weighted by atomic mass is 16.5. The molecule has 1 heterocycles. The van der Waals surface area contributed by atoms with Crippen molar-refractivity contribution < 1.29 is 14.7 Å². The predicted molar refractivity (Wildman–Crippen MR) is 57.8 cm³/mol. The molecule has 1 aromatic heterocycles. The van der Waals surface area contributed by atoms with Gasteiger partial charge in [0.1, 0.15) is 12.2 Å². The molecule has 0 fully saturated rings. The van der Waals surface area contributed by atoms with Crippen LogP contribution < -0.4 is 10.5 Å². The molecule has 0 saturated heterocycles. The van der Waals surface area contributed by atoms with Gasteiger partial charge in [-0.2, -0.15) is 5.10 Å². The van der Waals surface area contributed by atoms with E-state index in [2.05, 4.69) is 10.3 Å². The molecule has 0 aliphatic carbocycles. The lowest BCUT2D eigenvalue weighted by Gasteiger charge is -2.07. The van der Waals surface area contributed by atoms with Gasteiger partial charge in [0, 0.05) is 14.2 Å². The number of methoxy groups -OCH3 is 1. The summed E-state index contributed by atoms with van der Waals surface area (Å²) in [6.45, 7) is 2.59. The second-order valence-corrected chi connectivity index (χ2v) is 3.22. The third kappa shape index (κ3) is 2.43. The topological polar surface area (TPSA) is 94.9 Å².